The van der Waals surface area contributed by atoms with E-state index < -0.39 is 30.1 Å². The molecule has 164 valence electrons. The van der Waals surface area contributed by atoms with Crippen LogP contribution >= 0.6 is 0 Å². The van der Waals surface area contributed by atoms with Gasteiger partial charge >= 0.3 is 12.1 Å². The van der Waals surface area contributed by atoms with Crippen molar-refractivity contribution in [3.63, 3.8) is 0 Å². The van der Waals surface area contributed by atoms with Gasteiger partial charge in [0.25, 0.3) is 0 Å². The van der Waals surface area contributed by atoms with Crippen LogP contribution < -0.4 is 10.6 Å². The van der Waals surface area contributed by atoms with Gasteiger partial charge in [-0.25, -0.2) is 9.59 Å². The lowest BCUT2D eigenvalue weighted by atomic mass is 9.98. The molecule has 1 aliphatic rings. The van der Waals surface area contributed by atoms with E-state index in [1.165, 1.54) is 6.92 Å². The Morgan fingerprint density at radius 3 is 2.00 bits per heavy atom. The number of aliphatic carboxylic acids is 1. The normalized spacial score (nSPS) is 14.3. The molecule has 2 aromatic rings. The zero-order chi connectivity index (χ0) is 22.5. The lowest BCUT2D eigenvalue weighted by Crippen LogP contribution is -2.50. The van der Waals surface area contributed by atoms with Gasteiger partial charge in [0.2, 0.25) is 5.91 Å². The van der Waals surface area contributed by atoms with Crippen LogP contribution in [0.3, 0.4) is 0 Å². The fourth-order valence-electron chi connectivity index (χ4n) is 3.87. The summed E-state index contributed by atoms with van der Waals surface area (Å²) in [6, 6.07) is 14.1. The molecule has 0 heterocycles. The molecule has 0 bridgehead atoms. The zero-order valence-electron chi connectivity index (χ0n) is 17.9. The van der Waals surface area contributed by atoms with Crippen molar-refractivity contribution in [2.75, 3.05) is 6.61 Å². The van der Waals surface area contributed by atoms with Crippen LogP contribution in [0.1, 0.15) is 44.2 Å². The Balaban J connectivity index is 1.58. The SMILES string of the molecule is CC(C)C[C@@H](NC(=O)[C@@H](C)NC(=O)OCC1c2ccccc2-c2ccccc21)C(=O)O. The second kappa shape index (κ2) is 9.64. The summed E-state index contributed by atoms with van der Waals surface area (Å²) < 4.78 is 5.43. The van der Waals surface area contributed by atoms with Gasteiger partial charge in [-0.1, -0.05) is 62.4 Å². The molecule has 0 aromatic heterocycles. The predicted molar refractivity (Wildman–Crippen MR) is 117 cm³/mol. The average Bonchev–Trinajstić information content (AvgIpc) is 3.05. The van der Waals surface area contributed by atoms with Crippen LogP contribution in [0.15, 0.2) is 48.5 Å². The summed E-state index contributed by atoms with van der Waals surface area (Å²) in [5.41, 5.74) is 4.45. The number of hydrogen-bond donors (Lipinski definition) is 3. The van der Waals surface area contributed by atoms with Crippen molar-refractivity contribution < 1.29 is 24.2 Å². The van der Waals surface area contributed by atoms with E-state index in [-0.39, 0.29) is 18.4 Å². The Morgan fingerprint density at radius 2 is 1.48 bits per heavy atom. The molecular formula is C24H28N2O5. The van der Waals surface area contributed by atoms with E-state index in [2.05, 4.69) is 22.8 Å². The van der Waals surface area contributed by atoms with Crippen LogP contribution in [0, 0.1) is 5.92 Å². The van der Waals surface area contributed by atoms with Gasteiger partial charge in [-0.3, -0.25) is 4.79 Å². The number of amides is 2. The van der Waals surface area contributed by atoms with Crippen molar-refractivity contribution in [2.45, 2.75) is 45.2 Å². The van der Waals surface area contributed by atoms with Gasteiger partial charge in [-0.15, -0.1) is 0 Å². The van der Waals surface area contributed by atoms with Gasteiger partial charge in [0, 0.05) is 5.92 Å². The first-order chi connectivity index (χ1) is 14.8. The molecule has 0 saturated carbocycles. The second-order valence-electron chi connectivity index (χ2n) is 8.22. The highest BCUT2D eigenvalue weighted by molar-refractivity contribution is 5.89. The number of carboxylic acids is 1. The third-order valence-electron chi connectivity index (χ3n) is 5.39. The quantitative estimate of drug-likeness (QED) is 0.601. The van der Waals surface area contributed by atoms with Gasteiger partial charge in [0.1, 0.15) is 18.7 Å². The summed E-state index contributed by atoms with van der Waals surface area (Å²) in [6.07, 6.45) is -0.418. The number of alkyl carbamates (subject to hydrolysis) is 1. The summed E-state index contributed by atoms with van der Waals surface area (Å²) in [6.45, 7) is 5.38. The first-order valence-corrected chi connectivity index (χ1v) is 10.4. The molecule has 2 aromatic carbocycles. The van der Waals surface area contributed by atoms with Crippen molar-refractivity contribution in [1.82, 2.24) is 10.6 Å². The third-order valence-corrected chi connectivity index (χ3v) is 5.39. The molecule has 7 nitrogen and oxygen atoms in total. The van der Waals surface area contributed by atoms with Crippen molar-refractivity contribution in [3.8, 4) is 11.1 Å². The topological polar surface area (TPSA) is 105 Å². The number of hydrogen-bond acceptors (Lipinski definition) is 4. The molecule has 1 aliphatic carbocycles. The molecule has 0 unspecified atom stereocenters. The Morgan fingerprint density at radius 1 is 0.935 bits per heavy atom. The first-order valence-electron chi connectivity index (χ1n) is 10.4. The van der Waals surface area contributed by atoms with E-state index in [1.54, 1.807) is 0 Å². The summed E-state index contributed by atoms with van der Waals surface area (Å²) in [5, 5.41) is 14.2. The largest absolute Gasteiger partial charge is 0.480 e. The maximum absolute atomic E-state index is 12.3. The van der Waals surface area contributed by atoms with Gasteiger partial charge in [-0.2, -0.15) is 0 Å². The highest BCUT2D eigenvalue weighted by Gasteiger charge is 2.30. The van der Waals surface area contributed by atoms with Gasteiger partial charge < -0.3 is 20.5 Å². The molecule has 0 spiro atoms. The monoisotopic (exact) mass is 424 g/mol. The molecule has 2 atom stereocenters. The van der Waals surface area contributed by atoms with Crippen molar-refractivity contribution >= 4 is 18.0 Å². The van der Waals surface area contributed by atoms with E-state index >= 15 is 0 Å². The van der Waals surface area contributed by atoms with E-state index in [0.29, 0.717) is 6.42 Å². The van der Waals surface area contributed by atoms with Crippen molar-refractivity contribution in [1.29, 1.82) is 0 Å². The highest BCUT2D eigenvalue weighted by Crippen LogP contribution is 2.44. The predicted octanol–water partition coefficient (Wildman–Crippen LogP) is 3.53. The minimum Gasteiger partial charge on any atom is -0.480 e. The van der Waals surface area contributed by atoms with Crippen LogP contribution in [0.25, 0.3) is 11.1 Å². The molecule has 3 rings (SSSR count). The Labute approximate surface area is 181 Å². The number of carbonyl (C=O) groups is 3. The highest BCUT2D eigenvalue weighted by atomic mass is 16.5. The molecular weight excluding hydrogens is 396 g/mol. The number of benzene rings is 2. The zero-order valence-corrected chi connectivity index (χ0v) is 17.9. The Bertz CT molecular complexity index is 926. The lowest BCUT2D eigenvalue weighted by Gasteiger charge is -2.20. The summed E-state index contributed by atoms with van der Waals surface area (Å²) in [5.74, 6) is -1.64. The van der Waals surface area contributed by atoms with E-state index in [1.807, 2.05) is 50.2 Å². The van der Waals surface area contributed by atoms with Gasteiger partial charge in [0.05, 0.1) is 0 Å². The molecule has 0 aliphatic heterocycles. The minimum absolute atomic E-state index is 0.0790. The average molecular weight is 424 g/mol. The number of carbonyl (C=O) groups excluding carboxylic acids is 2. The number of ether oxygens (including phenoxy) is 1. The standard InChI is InChI=1S/C24H28N2O5/c1-14(2)12-21(23(28)29)26-22(27)15(3)25-24(30)31-13-20-18-10-6-4-8-16(18)17-9-5-7-11-19(17)20/h4-11,14-15,20-21H,12-13H2,1-3H3,(H,25,30)(H,26,27)(H,28,29)/t15-,21-/m1/s1. The number of carboxylic acid groups (broad SMARTS) is 1. The van der Waals surface area contributed by atoms with E-state index in [0.717, 1.165) is 22.3 Å². The third kappa shape index (κ3) is 5.23. The summed E-state index contributed by atoms with van der Waals surface area (Å²) in [4.78, 5) is 36.0. The summed E-state index contributed by atoms with van der Waals surface area (Å²) in [7, 11) is 0. The molecule has 2 amide bonds. The van der Waals surface area contributed by atoms with E-state index in [4.69, 9.17) is 4.74 Å². The number of rotatable bonds is 8. The molecule has 0 saturated heterocycles. The minimum atomic E-state index is -1.10. The maximum Gasteiger partial charge on any atom is 0.407 e. The van der Waals surface area contributed by atoms with Crippen LogP contribution in [-0.2, 0) is 14.3 Å². The molecule has 0 fully saturated rings. The van der Waals surface area contributed by atoms with Crippen molar-refractivity contribution in [2.24, 2.45) is 5.92 Å². The fraction of sp³-hybridized carbons (Fsp3) is 0.375. The number of nitrogens with one attached hydrogen (secondary N) is 2. The molecule has 0 radical (unpaired) electrons. The molecule has 31 heavy (non-hydrogen) atoms. The molecule has 3 N–H and O–H groups in total. The Hall–Kier alpha value is -3.35. The van der Waals surface area contributed by atoms with Crippen LogP contribution in [0.2, 0.25) is 0 Å². The van der Waals surface area contributed by atoms with Gasteiger partial charge in [-0.05, 0) is 41.5 Å². The molecule has 7 heteroatoms. The van der Waals surface area contributed by atoms with Crippen LogP contribution in [-0.4, -0.2) is 41.8 Å². The summed E-state index contributed by atoms with van der Waals surface area (Å²) >= 11 is 0. The van der Waals surface area contributed by atoms with Crippen molar-refractivity contribution in [3.05, 3.63) is 59.7 Å². The van der Waals surface area contributed by atoms with Gasteiger partial charge in [0.15, 0.2) is 0 Å². The first kappa shape index (κ1) is 22.3. The van der Waals surface area contributed by atoms with E-state index in [9.17, 15) is 19.5 Å². The maximum atomic E-state index is 12.3. The second-order valence-corrected chi connectivity index (χ2v) is 8.22. The lowest BCUT2D eigenvalue weighted by molar-refractivity contribution is -0.142. The smallest absolute Gasteiger partial charge is 0.407 e. The van der Waals surface area contributed by atoms with Crippen LogP contribution in [0.5, 0.6) is 0 Å². The van der Waals surface area contributed by atoms with Crippen LogP contribution in [0.4, 0.5) is 4.79 Å². The Kier molecular flexibility index (Phi) is 6.95. The number of fused-ring (bicyclic) bond motifs is 3. The fourth-order valence-corrected chi connectivity index (χ4v) is 3.87.